The molecule has 2 aliphatic rings. The van der Waals surface area contributed by atoms with Gasteiger partial charge in [-0.15, -0.1) is 11.3 Å². The normalized spacial score (nSPS) is 17.8. The van der Waals surface area contributed by atoms with Crippen molar-refractivity contribution in [2.75, 3.05) is 53.6 Å². The highest BCUT2D eigenvalue weighted by Crippen LogP contribution is 2.42. The third-order valence-electron chi connectivity index (χ3n) is 9.01. The topological polar surface area (TPSA) is 34.2 Å². The van der Waals surface area contributed by atoms with Gasteiger partial charge in [-0.3, -0.25) is 9.80 Å². The van der Waals surface area contributed by atoms with Gasteiger partial charge in [-0.2, -0.15) is 0 Å². The molecular weight excluding hydrogens is 540 g/mol. The zero-order valence-corrected chi connectivity index (χ0v) is 26.2. The molecule has 5 nitrogen and oxygen atoms in total. The fourth-order valence-electron chi connectivity index (χ4n) is 6.62. The van der Waals surface area contributed by atoms with Gasteiger partial charge in [0.1, 0.15) is 18.1 Å². The number of rotatable bonds is 12. The molecule has 0 unspecified atom stereocenters. The third kappa shape index (κ3) is 6.68. The Morgan fingerprint density at radius 2 is 1.69 bits per heavy atom. The molecule has 0 spiro atoms. The quantitative estimate of drug-likeness (QED) is 0.172. The first-order chi connectivity index (χ1) is 20.6. The van der Waals surface area contributed by atoms with Crippen LogP contribution in [-0.4, -0.2) is 69.5 Å². The van der Waals surface area contributed by atoms with Gasteiger partial charge < -0.3 is 14.2 Å². The molecule has 0 N–H and O–H groups in total. The van der Waals surface area contributed by atoms with Crippen LogP contribution in [0.25, 0.3) is 20.5 Å². The van der Waals surface area contributed by atoms with Crippen LogP contribution in [0.1, 0.15) is 47.9 Å². The summed E-state index contributed by atoms with van der Waals surface area (Å²) in [5.74, 6) is 1.84. The summed E-state index contributed by atoms with van der Waals surface area (Å²) in [6, 6.07) is 22.8. The van der Waals surface area contributed by atoms with Gasteiger partial charge in [0, 0.05) is 35.8 Å². The maximum atomic E-state index is 6.10. The smallest absolute Gasteiger partial charge is 0.120 e. The number of thiophene rings is 1. The van der Waals surface area contributed by atoms with Crippen LogP contribution in [0.3, 0.4) is 0 Å². The van der Waals surface area contributed by atoms with Crippen molar-refractivity contribution in [1.29, 1.82) is 0 Å². The van der Waals surface area contributed by atoms with Gasteiger partial charge in [-0.05, 0) is 134 Å². The average Bonchev–Trinajstić information content (AvgIpc) is 3.76. The molecule has 2 aliphatic heterocycles. The molecule has 4 aromatic rings. The Kier molecular flexibility index (Phi) is 9.45. The van der Waals surface area contributed by atoms with E-state index in [1.807, 2.05) is 18.4 Å². The standard InChI is InChI=1S/C36H44N2O3S/c1-26-21-27(8-9-29(26)24-38-18-6-7-30(38)25-39-2)22-34-33-15-14-32(40-3)23-35(33)42-36(34)28-10-12-31(13-11-28)41-20-19-37-16-4-5-17-37/h8-15,21,23,30H,4-7,16-20,22,24-25H2,1-3H3/t30-/m0/s1. The fraction of sp³-hybridized carbons (Fsp3) is 0.444. The zero-order valence-electron chi connectivity index (χ0n) is 25.4. The van der Waals surface area contributed by atoms with Gasteiger partial charge in [0.2, 0.25) is 0 Å². The van der Waals surface area contributed by atoms with E-state index in [9.17, 15) is 0 Å². The molecule has 1 aromatic heterocycles. The number of fused-ring (bicyclic) bond motifs is 1. The van der Waals surface area contributed by atoms with Crippen molar-refractivity contribution in [1.82, 2.24) is 9.80 Å². The van der Waals surface area contributed by atoms with E-state index in [0.29, 0.717) is 6.04 Å². The number of ether oxygens (including phenoxy) is 3. The summed E-state index contributed by atoms with van der Waals surface area (Å²) in [6.07, 6.45) is 6.02. The predicted molar refractivity (Wildman–Crippen MR) is 174 cm³/mol. The summed E-state index contributed by atoms with van der Waals surface area (Å²) in [7, 11) is 3.55. The highest BCUT2D eigenvalue weighted by Gasteiger charge is 2.25. The molecule has 222 valence electrons. The molecule has 1 atom stereocenters. The lowest BCUT2D eigenvalue weighted by molar-refractivity contribution is 0.112. The van der Waals surface area contributed by atoms with Gasteiger partial charge in [0.15, 0.2) is 0 Å². The Bertz CT molecular complexity index is 1480. The van der Waals surface area contributed by atoms with Gasteiger partial charge in [-0.25, -0.2) is 0 Å². The summed E-state index contributed by atoms with van der Waals surface area (Å²) >= 11 is 1.85. The highest BCUT2D eigenvalue weighted by molar-refractivity contribution is 7.22. The molecule has 0 saturated carbocycles. The van der Waals surface area contributed by atoms with E-state index in [-0.39, 0.29) is 0 Å². The van der Waals surface area contributed by atoms with Crippen molar-refractivity contribution >= 4 is 21.4 Å². The molecule has 0 bridgehead atoms. The molecule has 6 rings (SSSR count). The summed E-state index contributed by atoms with van der Waals surface area (Å²) in [5, 5.41) is 1.31. The number of nitrogens with zero attached hydrogens (tertiary/aromatic N) is 2. The lowest BCUT2D eigenvalue weighted by Crippen LogP contribution is -2.32. The van der Waals surface area contributed by atoms with Crippen LogP contribution in [0.2, 0.25) is 0 Å². The van der Waals surface area contributed by atoms with Gasteiger partial charge in [-0.1, -0.05) is 18.2 Å². The SMILES string of the molecule is COC[C@@H]1CCCN1Cc1ccc(Cc2c(-c3ccc(OCCN4CCCC4)cc3)sc3cc(OC)ccc23)cc1C. The van der Waals surface area contributed by atoms with Crippen molar-refractivity contribution < 1.29 is 14.2 Å². The maximum Gasteiger partial charge on any atom is 0.120 e. The van der Waals surface area contributed by atoms with Gasteiger partial charge in [0.25, 0.3) is 0 Å². The van der Waals surface area contributed by atoms with Crippen LogP contribution in [0, 0.1) is 6.92 Å². The van der Waals surface area contributed by atoms with E-state index < -0.39 is 0 Å². The number of benzene rings is 3. The lowest BCUT2D eigenvalue weighted by Gasteiger charge is -2.24. The number of methoxy groups -OCH3 is 2. The summed E-state index contributed by atoms with van der Waals surface area (Å²) in [4.78, 5) is 6.40. The molecule has 0 amide bonds. The van der Waals surface area contributed by atoms with E-state index in [1.54, 1.807) is 7.11 Å². The zero-order chi connectivity index (χ0) is 28.9. The summed E-state index contributed by atoms with van der Waals surface area (Å²) in [5.41, 5.74) is 6.76. The third-order valence-corrected chi connectivity index (χ3v) is 10.3. The van der Waals surface area contributed by atoms with Gasteiger partial charge in [0.05, 0.1) is 13.7 Å². The molecule has 3 heterocycles. The Hall–Kier alpha value is -2.90. The maximum absolute atomic E-state index is 6.10. The van der Waals surface area contributed by atoms with Crippen molar-refractivity contribution in [3.63, 3.8) is 0 Å². The summed E-state index contributed by atoms with van der Waals surface area (Å²) in [6.45, 7) is 9.40. The first-order valence-electron chi connectivity index (χ1n) is 15.5. The Labute approximate surface area is 255 Å². The molecular formula is C36H44N2O3S. The largest absolute Gasteiger partial charge is 0.497 e. The van der Waals surface area contributed by atoms with Crippen LogP contribution in [0.15, 0.2) is 60.7 Å². The van der Waals surface area contributed by atoms with E-state index in [1.165, 1.54) is 81.6 Å². The average molecular weight is 585 g/mol. The van der Waals surface area contributed by atoms with Crippen molar-refractivity contribution in [3.05, 3.63) is 82.9 Å². The number of hydrogen-bond donors (Lipinski definition) is 0. The number of aryl methyl sites for hydroxylation is 1. The van der Waals surface area contributed by atoms with Crippen molar-refractivity contribution in [2.24, 2.45) is 0 Å². The summed E-state index contributed by atoms with van der Waals surface area (Å²) < 4.78 is 18.4. The van der Waals surface area contributed by atoms with Crippen LogP contribution in [0.5, 0.6) is 11.5 Å². The first-order valence-corrected chi connectivity index (χ1v) is 16.3. The number of hydrogen-bond acceptors (Lipinski definition) is 6. The van der Waals surface area contributed by atoms with Crippen molar-refractivity contribution in [3.8, 4) is 21.9 Å². The van der Waals surface area contributed by atoms with Crippen LogP contribution < -0.4 is 9.47 Å². The van der Waals surface area contributed by atoms with E-state index in [4.69, 9.17) is 14.2 Å². The molecule has 6 heteroatoms. The minimum absolute atomic E-state index is 0.535. The Morgan fingerprint density at radius 3 is 2.45 bits per heavy atom. The second kappa shape index (κ2) is 13.6. The molecule has 0 radical (unpaired) electrons. The van der Waals surface area contributed by atoms with E-state index >= 15 is 0 Å². The fourth-order valence-corrected chi connectivity index (χ4v) is 7.88. The Balaban J connectivity index is 1.22. The van der Waals surface area contributed by atoms with Crippen LogP contribution in [0.4, 0.5) is 0 Å². The number of likely N-dealkylation sites (tertiary alicyclic amines) is 2. The van der Waals surface area contributed by atoms with Crippen LogP contribution in [-0.2, 0) is 17.7 Å². The molecule has 2 saturated heterocycles. The van der Waals surface area contributed by atoms with Gasteiger partial charge >= 0.3 is 0 Å². The molecule has 3 aromatic carbocycles. The molecule has 42 heavy (non-hydrogen) atoms. The van der Waals surface area contributed by atoms with E-state index in [2.05, 4.69) is 77.4 Å². The Morgan fingerprint density at radius 1 is 0.881 bits per heavy atom. The van der Waals surface area contributed by atoms with Crippen LogP contribution >= 0.6 is 11.3 Å². The minimum atomic E-state index is 0.535. The first kappa shape index (κ1) is 29.2. The lowest BCUT2D eigenvalue weighted by atomic mass is 9.96. The highest BCUT2D eigenvalue weighted by atomic mass is 32.1. The predicted octanol–water partition coefficient (Wildman–Crippen LogP) is 7.56. The monoisotopic (exact) mass is 584 g/mol. The molecule has 2 fully saturated rings. The minimum Gasteiger partial charge on any atom is -0.497 e. The van der Waals surface area contributed by atoms with E-state index in [0.717, 1.165) is 50.8 Å². The second-order valence-corrected chi connectivity index (χ2v) is 12.9. The van der Waals surface area contributed by atoms with Crippen molar-refractivity contribution in [2.45, 2.75) is 51.6 Å². The second-order valence-electron chi connectivity index (χ2n) is 11.9. The molecule has 0 aliphatic carbocycles.